The molecule has 0 heterocycles. The van der Waals surface area contributed by atoms with Crippen molar-refractivity contribution in [1.29, 1.82) is 0 Å². The Morgan fingerprint density at radius 3 is 1.71 bits per heavy atom. The van der Waals surface area contributed by atoms with Gasteiger partial charge in [-0.3, -0.25) is 0 Å². The lowest BCUT2D eigenvalue weighted by Crippen LogP contribution is -2.50. The van der Waals surface area contributed by atoms with E-state index in [2.05, 4.69) is 6.92 Å². The average molecular weight is 319 g/mol. The van der Waals surface area contributed by atoms with Crippen LogP contribution in [0, 0.1) is 0 Å². The van der Waals surface area contributed by atoms with Crippen molar-refractivity contribution < 1.29 is 18.0 Å². The van der Waals surface area contributed by atoms with Gasteiger partial charge in [0.25, 0.3) is 0 Å². The van der Waals surface area contributed by atoms with Gasteiger partial charge >= 0.3 is 8.80 Å². The lowest BCUT2D eigenvalue weighted by molar-refractivity contribution is 0.00199. The van der Waals surface area contributed by atoms with E-state index >= 15 is 0 Å². The predicted octanol–water partition coefficient (Wildman–Crippen LogP) is 4.53. The average Bonchev–Trinajstić information content (AvgIpc) is 2.30. The Kier molecular flexibility index (Phi) is 11.0. The van der Waals surface area contributed by atoms with E-state index in [9.17, 15) is 0 Å². The third-order valence-electron chi connectivity index (χ3n) is 2.42. The molecule has 0 rings (SSSR count). The minimum Gasteiger partial charge on any atom is -0.502 e. The molecule has 5 heteroatoms. The minimum atomic E-state index is -2.66. The highest BCUT2D eigenvalue weighted by Gasteiger charge is 2.43. The molecule has 0 saturated heterocycles. The van der Waals surface area contributed by atoms with Gasteiger partial charge in [0.05, 0.1) is 12.9 Å². The maximum absolute atomic E-state index is 6.11. The van der Waals surface area contributed by atoms with Crippen molar-refractivity contribution in [3.8, 4) is 0 Å². The van der Waals surface area contributed by atoms with E-state index in [1.807, 2.05) is 47.6 Å². The molecule has 0 aromatic heterocycles. The minimum absolute atomic E-state index is 0.0927. The summed E-state index contributed by atoms with van der Waals surface area (Å²) in [7, 11) is -2.66. The number of allylic oxidation sites excluding steroid dienone is 1. The molecule has 0 atom stereocenters. The zero-order chi connectivity index (χ0) is 16.3. The second kappa shape index (κ2) is 11.2. The van der Waals surface area contributed by atoms with Gasteiger partial charge in [-0.2, -0.15) is 0 Å². The Morgan fingerprint density at radius 1 is 0.857 bits per heavy atom. The summed E-state index contributed by atoms with van der Waals surface area (Å²) in [5, 5.41) is 0. The molecular formula is C16H34O4Si. The van der Waals surface area contributed by atoms with Gasteiger partial charge in [-0.15, -0.1) is 0 Å². The lowest BCUT2D eigenvalue weighted by atomic mass is 10.5. The third-order valence-corrected chi connectivity index (χ3v) is 5.88. The fourth-order valence-electron chi connectivity index (χ4n) is 1.94. The molecule has 0 fully saturated rings. The Hall–Kier alpha value is -0.363. The molecule has 0 aliphatic heterocycles. The van der Waals surface area contributed by atoms with Crippen LogP contribution in [-0.2, 0) is 18.0 Å². The van der Waals surface area contributed by atoms with E-state index in [0.29, 0.717) is 6.61 Å². The summed E-state index contributed by atoms with van der Waals surface area (Å²) < 4.78 is 23.8. The highest BCUT2D eigenvalue weighted by atomic mass is 28.4. The monoisotopic (exact) mass is 318 g/mol. The van der Waals surface area contributed by atoms with Crippen molar-refractivity contribution in [3.05, 3.63) is 12.3 Å². The van der Waals surface area contributed by atoms with Gasteiger partial charge in [0.1, 0.15) is 0 Å². The number of rotatable bonds is 12. The molecule has 0 saturated carbocycles. The van der Waals surface area contributed by atoms with E-state index in [4.69, 9.17) is 18.0 Å². The largest absolute Gasteiger partial charge is 0.502 e. The summed E-state index contributed by atoms with van der Waals surface area (Å²) in [6, 6.07) is 0.779. The van der Waals surface area contributed by atoms with Gasteiger partial charge in [-0.1, -0.05) is 13.0 Å². The predicted molar refractivity (Wildman–Crippen MR) is 89.2 cm³/mol. The fraction of sp³-hybridized carbons (Fsp3) is 0.875. The molecule has 126 valence electrons. The molecule has 21 heavy (non-hydrogen) atoms. The van der Waals surface area contributed by atoms with Crippen LogP contribution in [0.5, 0.6) is 0 Å². The molecule has 0 aromatic rings. The molecule has 0 aliphatic rings. The van der Waals surface area contributed by atoms with Crippen molar-refractivity contribution in [1.82, 2.24) is 0 Å². The highest BCUT2D eigenvalue weighted by molar-refractivity contribution is 6.60. The Morgan fingerprint density at radius 2 is 1.33 bits per heavy atom. The smallest absolute Gasteiger partial charge is 0.501 e. The normalized spacial score (nSPS) is 13.0. The molecule has 0 bridgehead atoms. The first-order chi connectivity index (χ1) is 9.81. The van der Waals surface area contributed by atoms with Crippen molar-refractivity contribution in [3.63, 3.8) is 0 Å². The molecule has 0 unspecified atom stereocenters. The zero-order valence-electron chi connectivity index (χ0n) is 14.8. The maximum atomic E-state index is 6.11. The third kappa shape index (κ3) is 10.9. The fourth-order valence-corrected chi connectivity index (χ4v) is 5.19. The van der Waals surface area contributed by atoms with E-state index in [0.717, 1.165) is 18.9 Å². The molecule has 0 N–H and O–H groups in total. The van der Waals surface area contributed by atoms with E-state index in [-0.39, 0.29) is 18.3 Å². The lowest BCUT2D eigenvalue weighted by Gasteiger charge is -2.34. The number of ether oxygens (including phenoxy) is 1. The van der Waals surface area contributed by atoms with E-state index < -0.39 is 8.80 Å². The van der Waals surface area contributed by atoms with Crippen LogP contribution < -0.4 is 0 Å². The first-order valence-electron chi connectivity index (χ1n) is 8.11. The quantitative estimate of drug-likeness (QED) is 0.301. The first kappa shape index (κ1) is 20.6. The Balaban J connectivity index is 4.61. The van der Waals surface area contributed by atoms with Gasteiger partial charge in [0.15, 0.2) is 0 Å². The maximum Gasteiger partial charge on any atom is 0.501 e. The van der Waals surface area contributed by atoms with Crippen LogP contribution >= 0.6 is 0 Å². The van der Waals surface area contributed by atoms with Crippen molar-refractivity contribution in [2.75, 3.05) is 6.61 Å². The van der Waals surface area contributed by atoms with Crippen molar-refractivity contribution in [2.45, 2.75) is 85.7 Å². The second-order valence-electron chi connectivity index (χ2n) is 5.94. The Labute approximate surface area is 132 Å². The number of hydrogen-bond donors (Lipinski definition) is 0. The summed E-state index contributed by atoms with van der Waals surface area (Å²) in [5.74, 6) is 0. The Bertz CT molecular complexity index is 251. The van der Waals surface area contributed by atoms with Gasteiger partial charge in [-0.25, -0.2) is 0 Å². The molecule has 0 aliphatic carbocycles. The van der Waals surface area contributed by atoms with Gasteiger partial charge in [0.2, 0.25) is 0 Å². The summed E-state index contributed by atoms with van der Waals surface area (Å²) >= 11 is 0. The van der Waals surface area contributed by atoms with Crippen LogP contribution in [0.4, 0.5) is 0 Å². The van der Waals surface area contributed by atoms with Crippen molar-refractivity contribution >= 4 is 8.80 Å². The van der Waals surface area contributed by atoms with Crippen LogP contribution in [0.1, 0.15) is 61.3 Å². The molecule has 4 nitrogen and oxygen atoms in total. The van der Waals surface area contributed by atoms with E-state index in [1.54, 1.807) is 6.26 Å². The standard InChI is InChI=1S/C16H34O4Si/c1-8-9-11-17-12-10-13-21(18-14(2)3,19-15(4)5)20-16(6)7/h9,11,14-16H,8,10,12-13H2,1-7H3. The summed E-state index contributed by atoms with van der Waals surface area (Å²) in [6.45, 7) is 14.9. The molecule has 0 radical (unpaired) electrons. The van der Waals surface area contributed by atoms with E-state index in [1.165, 1.54) is 0 Å². The highest BCUT2D eigenvalue weighted by Crippen LogP contribution is 2.23. The van der Waals surface area contributed by atoms with Gasteiger partial charge in [0, 0.05) is 24.4 Å². The van der Waals surface area contributed by atoms with Crippen LogP contribution in [0.3, 0.4) is 0 Å². The topological polar surface area (TPSA) is 36.9 Å². The van der Waals surface area contributed by atoms with Gasteiger partial charge in [-0.05, 0) is 54.4 Å². The molecule has 0 spiro atoms. The SMILES string of the molecule is CCC=COCCC[Si](OC(C)C)(OC(C)C)OC(C)C. The summed E-state index contributed by atoms with van der Waals surface area (Å²) in [4.78, 5) is 0. The van der Waals surface area contributed by atoms with Crippen LogP contribution in [-0.4, -0.2) is 33.7 Å². The van der Waals surface area contributed by atoms with Gasteiger partial charge < -0.3 is 18.0 Å². The van der Waals surface area contributed by atoms with Crippen molar-refractivity contribution in [2.24, 2.45) is 0 Å². The van der Waals surface area contributed by atoms with Crippen LogP contribution in [0.25, 0.3) is 0 Å². The zero-order valence-corrected chi connectivity index (χ0v) is 15.8. The van der Waals surface area contributed by atoms with Crippen LogP contribution in [0.2, 0.25) is 6.04 Å². The van der Waals surface area contributed by atoms with Crippen LogP contribution in [0.15, 0.2) is 12.3 Å². The number of hydrogen-bond acceptors (Lipinski definition) is 4. The molecular weight excluding hydrogens is 284 g/mol. The second-order valence-corrected chi connectivity index (χ2v) is 8.51. The first-order valence-corrected chi connectivity index (χ1v) is 10.0. The molecule has 0 aromatic carbocycles. The summed E-state index contributed by atoms with van der Waals surface area (Å²) in [6.07, 6.45) is 5.90. The molecule has 0 amide bonds. The summed E-state index contributed by atoms with van der Waals surface area (Å²) in [5.41, 5.74) is 0.